The monoisotopic (exact) mass is 420 g/mol. The number of esters is 1. The Morgan fingerprint density at radius 1 is 1.10 bits per heavy atom. The van der Waals surface area contributed by atoms with E-state index in [1.807, 2.05) is 18.2 Å². The van der Waals surface area contributed by atoms with E-state index in [1.165, 1.54) is 24.9 Å². The highest BCUT2D eigenvalue weighted by molar-refractivity contribution is 5.87. The molecular formula is C22H20N4O5. The maximum Gasteiger partial charge on any atom is 0.330 e. The second kappa shape index (κ2) is 8.31. The van der Waals surface area contributed by atoms with E-state index in [2.05, 4.69) is 14.9 Å². The molecule has 0 unspecified atom stereocenters. The molecule has 0 fully saturated rings. The van der Waals surface area contributed by atoms with Crippen molar-refractivity contribution < 1.29 is 19.0 Å². The Hall–Kier alpha value is -4.14. The van der Waals surface area contributed by atoms with Gasteiger partial charge in [0.1, 0.15) is 6.61 Å². The van der Waals surface area contributed by atoms with Crippen LogP contribution in [0.1, 0.15) is 11.4 Å². The van der Waals surface area contributed by atoms with Gasteiger partial charge in [-0.3, -0.25) is 13.8 Å². The molecule has 0 bridgehead atoms. The summed E-state index contributed by atoms with van der Waals surface area (Å²) >= 11 is 0. The number of hydrogen-bond acceptors (Lipinski definition) is 7. The average molecular weight is 420 g/mol. The molecule has 31 heavy (non-hydrogen) atoms. The number of carbonyl (C=O) groups excluding carboxylic acids is 1. The van der Waals surface area contributed by atoms with Crippen LogP contribution in [0.15, 0.2) is 53.3 Å². The highest BCUT2D eigenvalue weighted by Gasteiger charge is 2.15. The lowest BCUT2D eigenvalue weighted by Crippen LogP contribution is -2.20. The van der Waals surface area contributed by atoms with Crippen molar-refractivity contribution in [3.63, 3.8) is 0 Å². The fourth-order valence-corrected chi connectivity index (χ4v) is 3.27. The number of aromatic nitrogens is 4. The van der Waals surface area contributed by atoms with Gasteiger partial charge in [0.25, 0.3) is 5.56 Å². The van der Waals surface area contributed by atoms with Crippen molar-refractivity contribution in [3.8, 4) is 11.5 Å². The van der Waals surface area contributed by atoms with E-state index >= 15 is 0 Å². The summed E-state index contributed by atoms with van der Waals surface area (Å²) in [7, 11) is 4.51. The maximum atomic E-state index is 12.6. The van der Waals surface area contributed by atoms with Gasteiger partial charge in [0, 0.05) is 13.1 Å². The normalized spacial score (nSPS) is 11.3. The Labute approximate surface area is 177 Å². The molecule has 2 aromatic heterocycles. The van der Waals surface area contributed by atoms with Gasteiger partial charge >= 0.3 is 5.97 Å². The summed E-state index contributed by atoms with van der Waals surface area (Å²) in [5.74, 6) is 1.53. The summed E-state index contributed by atoms with van der Waals surface area (Å²) in [5, 5.41) is 8.94. The van der Waals surface area contributed by atoms with Crippen LogP contribution in [-0.2, 0) is 23.2 Å². The Balaban J connectivity index is 1.66. The molecule has 0 saturated carbocycles. The van der Waals surface area contributed by atoms with Crippen molar-refractivity contribution in [2.45, 2.75) is 6.61 Å². The van der Waals surface area contributed by atoms with Crippen molar-refractivity contribution >= 4 is 28.7 Å². The highest BCUT2D eigenvalue weighted by Crippen LogP contribution is 2.29. The fourth-order valence-electron chi connectivity index (χ4n) is 3.27. The molecule has 0 amide bonds. The van der Waals surface area contributed by atoms with Crippen molar-refractivity contribution in [2.75, 3.05) is 14.2 Å². The van der Waals surface area contributed by atoms with Gasteiger partial charge < -0.3 is 14.2 Å². The maximum absolute atomic E-state index is 12.6. The summed E-state index contributed by atoms with van der Waals surface area (Å²) in [6.45, 7) is 0.108. The van der Waals surface area contributed by atoms with Gasteiger partial charge in [0.05, 0.1) is 25.1 Å². The topological polar surface area (TPSA) is 97.0 Å². The lowest BCUT2D eigenvalue weighted by Gasteiger charge is -2.12. The Bertz CT molecular complexity index is 1370. The minimum atomic E-state index is -0.445. The zero-order chi connectivity index (χ0) is 22.0. The third-order valence-electron chi connectivity index (χ3n) is 4.85. The molecule has 0 spiro atoms. The number of methoxy groups -OCH3 is 2. The lowest BCUT2D eigenvalue weighted by molar-refractivity contribution is -0.134. The van der Waals surface area contributed by atoms with Crippen LogP contribution in [0.5, 0.6) is 11.5 Å². The second-order valence-corrected chi connectivity index (χ2v) is 6.69. The average Bonchev–Trinajstić information content (AvgIpc) is 3.24. The van der Waals surface area contributed by atoms with Crippen LogP contribution >= 0.6 is 0 Å². The molecule has 4 aromatic rings. The van der Waals surface area contributed by atoms with Crippen molar-refractivity contribution in [1.29, 1.82) is 0 Å². The molecule has 0 aliphatic heterocycles. The van der Waals surface area contributed by atoms with Crippen LogP contribution in [0.25, 0.3) is 22.8 Å². The predicted octanol–water partition coefficient (Wildman–Crippen LogP) is 2.36. The van der Waals surface area contributed by atoms with Crippen LogP contribution < -0.4 is 15.0 Å². The molecular weight excluding hydrogens is 400 g/mol. The van der Waals surface area contributed by atoms with Crippen LogP contribution in [-0.4, -0.2) is 39.4 Å². The molecule has 0 aliphatic carbocycles. The molecule has 9 heteroatoms. The molecule has 2 heterocycles. The molecule has 9 nitrogen and oxygen atoms in total. The molecule has 4 rings (SSSR count). The van der Waals surface area contributed by atoms with Crippen molar-refractivity contribution in [3.05, 3.63) is 70.3 Å². The van der Waals surface area contributed by atoms with E-state index in [-0.39, 0.29) is 12.2 Å². The van der Waals surface area contributed by atoms with Crippen molar-refractivity contribution in [2.24, 2.45) is 7.05 Å². The predicted molar refractivity (Wildman–Crippen MR) is 114 cm³/mol. The number of benzene rings is 2. The van der Waals surface area contributed by atoms with Crippen LogP contribution in [0, 0.1) is 0 Å². The molecule has 0 saturated heterocycles. The molecule has 158 valence electrons. The molecule has 0 aliphatic rings. The van der Waals surface area contributed by atoms with Gasteiger partial charge in [-0.25, -0.2) is 4.79 Å². The van der Waals surface area contributed by atoms with E-state index < -0.39 is 5.97 Å². The van der Waals surface area contributed by atoms with Gasteiger partial charge in [-0.05, 0) is 35.9 Å². The summed E-state index contributed by atoms with van der Waals surface area (Å²) in [5.41, 5.74) is 1.32. The number of nitrogens with zero attached hydrogens (tertiary/aromatic N) is 4. The van der Waals surface area contributed by atoms with Crippen LogP contribution in [0.2, 0.25) is 0 Å². The van der Waals surface area contributed by atoms with E-state index in [0.717, 1.165) is 5.56 Å². The Kier molecular flexibility index (Phi) is 5.40. The van der Waals surface area contributed by atoms with Crippen molar-refractivity contribution in [1.82, 2.24) is 19.2 Å². The minimum absolute atomic E-state index is 0.108. The number of para-hydroxylation sites is 1. The Morgan fingerprint density at radius 2 is 1.90 bits per heavy atom. The first kappa shape index (κ1) is 20.1. The third-order valence-corrected chi connectivity index (χ3v) is 4.85. The second-order valence-electron chi connectivity index (χ2n) is 6.69. The fraction of sp³-hybridized carbons (Fsp3) is 0.182. The Morgan fingerprint density at radius 3 is 2.68 bits per heavy atom. The lowest BCUT2D eigenvalue weighted by atomic mass is 10.2. The van der Waals surface area contributed by atoms with E-state index in [0.29, 0.717) is 34.0 Å². The summed E-state index contributed by atoms with van der Waals surface area (Å²) in [6.07, 6.45) is 2.95. The molecule has 0 radical (unpaired) electrons. The van der Waals surface area contributed by atoms with E-state index in [9.17, 15) is 9.59 Å². The molecule has 0 N–H and O–H groups in total. The van der Waals surface area contributed by atoms with Crippen LogP contribution in [0.4, 0.5) is 0 Å². The van der Waals surface area contributed by atoms with Gasteiger partial charge in [-0.15, -0.1) is 10.2 Å². The smallest absolute Gasteiger partial charge is 0.330 e. The number of aryl methyl sites for hydroxylation is 1. The first-order valence-electron chi connectivity index (χ1n) is 9.42. The minimum Gasteiger partial charge on any atom is -0.493 e. The number of rotatable bonds is 6. The summed E-state index contributed by atoms with van der Waals surface area (Å²) in [6, 6.07) is 12.6. The number of fused-ring (bicyclic) bond motifs is 3. The van der Waals surface area contributed by atoms with Gasteiger partial charge in [-0.1, -0.05) is 18.2 Å². The summed E-state index contributed by atoms with van der Waals surface area (Å²) < 4.78 is 19.2. The van der Waals surface area contributed by atoms with E-state index in [4.69, 9.17) is 9.47 Å². The summed E-state index contributed by atoms with van der Waals surface area (Å²) in [4.78, 5) is 23.8. The van der Waals surface area contributed by atoms with Gasteiger partial charge in [0.15, 0.2) is 17.3 Å². The van der Waals surface area contributed by atoms with Gasteiger partial charge in [-0.2, -0.15) is 0 Å². The zero-order valence-electron chi connectivity index (χ0n) is 17.2. The zero-order valence-corrected chi connectivity index (χ0v) is 17.2. The number of hydrogen-bond donors (Lipinski definition) is 0. The van der Waals surface area contributed by atoms with Gasteiger partial charge in [0.2, 0.25) is 5.78 Å². The quantitative estimate of drug-likeness (QED) is 0.349. The first-order valence-corrected chi connectivity index (χ1v) is 9.42. The third kappa shape index (κ3) is 3.73. The number of carbonyl (C=O) groups is 1. The SMILES string of the molecule is COC(=O)C=Cc1ccc(OCc2nnc3n(C)c(=O)c4ccccc4n23)c(OC)c1. The first-order chi connectivity index (χ1) is 15.0. The largest absolute Gasteiger partial charge is 0.493 e. The molecule has 0 atom stereocenters. The van der Waals surface area contributed by atoms with Crippen LogP contribution in [0.3, 0.4) is 0 Å². The highest BCUT2D eigenvalue weighted by atomic mass is 16.5. The number of ether oxygens (including phenoxy) is 3. The van der Waals surface area contributed by atoms with E-state index in [1.54, 1.807) is 41.8 Å². The molecule has 2 aromatic carbocycles. The standard InChI is InChI=1S/C22H20N4O5/c1-25-21(28)15-6-4-5-7-16(15)26-19(23-24-22(25)26)13-31-17-10-8-14(12-18(17)29-2)9-11-20(27)30-3/h4-12H,13H2,1-3H3.